The van der Waals surface area contributed by atoms with E-state index in [1.807, 2.05) is 0 Å². The van der Waals surface area contributed by atoms with E-state index in [2.05, 4.69) is 13.8 Å². The van der Waals surface area contributed by atoms with Crippen LogP contribution in [0.15, 0.2) is 0 Å². The highest BCUT2D eigenvalue weighted by Gasteiger charge is 1.94. The minimum absolute atomic E-state index is 0. The second-order valence-corrected chi connectivity index (χ2v) is 6.92. The van der Waals surface area contributed by atoms with Crippen molar-refractivity contribution >= 4 is 0 Å². The van der Waals surface area contributed by atoms with E-state index in [1.165, 1.54) is 109 Å². The molecule has 2 nitrogen and oxygen atoms in total. The zero-order valence-corrected chi connectivity index (χ0v) is 16.3. The first-order chi connectivity index (χ1) is 10.9. The average Bonchev–Trinajstić information content (AvgIpc) is 2.54. The van der Waals surface area contributed by atoms with Crippen molar-refractivity contribution in [2.75, 3.05) is 13.2 Å². The van der Waals surface area contributed by atoms with Gasteiger partial charge < -0.3 is 10.2 Å². The topological polar surface area (TPSA) is 40.7 Å². The van der Waals surface area contributed by atoms with E-state index in [0.717, 1.165) is 13.2 Å². The van der Waals surface area contributed by atoms with Gasteiger partial charge in [0, 0.05) is 13.2 Å². The lowest BCUT2D eigenvalue weighted by Gasteiger charge is -2.05. The molecule has 142 valence electrons. The van der Waals surface area contributed by atoms with Gasteiger partial charge in [-0.1, -0.05) is 110 Å². The van der Waals surface area contributed by atoms with Crippen LogP contribution in [0.4, 0.5) is 0 Å². The molecular formula is C21H46O2. The van der Waals surface area contributed by atoms with Crippen molar-refractivity contribution in [3.63, 3.8) is 0 Å². The van der Waals surface area contributed by atoms with Crippen LogP contribution in [0.3, 0.4) is 0 Å². The van der Waals surface area contributed by atoms with Crippen LogP contribution >= 0.6 is 0 Å². The molecule has 0 aromatic rings. The number of rotatable bonds is 19. The molecule has 0 fully saturated rings. The van der Waals surface area contributed by atoms with Crippen molar-refractivity contribution in [1.29, 1.82) is 0 Å². The summed E-state index contributed by atoms with van der Waals surface area (Å²) in [7, 11) is 0. The normalized spacial score (nSPS) is 10.7. The van der Waals surface area contributed by atoms with Gasteiger partial charge in [-0.15, -0.1) is 0 Å². The average molecular weight is 331 g/mol. The van der Waals surface area contributed by atoms with Gasteiger partial charge in [0.2, 0.25) is 0 Å². The first-order valence-corrected chi connectivity index (χ1v) is 10.5. The predicted molar refractivity (Wildman–Crippen MR) is 104 cm³/mol. The van der Waals surface area contributed by atoms with E-state index in [-0.39, 0.29) is 5.48 Å². The Morgan fingerprint density at radius 3 is 0.957 bits per heavy atom. The lowest BCUT2D eigenvalue weighted by molar-refractivity contribution is 0.125. The van der Waals surface area contributed by atoms with E-state index >= 15 is 0 Å². The lowest BCUT2D eigenvalue weighted by atomic mass is 10.1. The summed E-state index contributed by atoms with van der Waals surface area (Å²) in [5.41, 5.74) is 0. The van der Waals surface area contributed by atoms with Crippen LogP contribution in [0.5, 0.6) is 0 Å². The highest BCUT2D eigenvalue weighted by atomic mass is 16.5. The standard InChI is InChI=1S/C21H44O.H2O/c1-3-5-7-9-11-13-15-17-19-21-22-20-18-16-14-12-10-8-6-4-2;/h3-21H2,1-2H3;1H2. The molecule has 0 aliphatic rings. The molecule has 0 heterocycles. The molecule has 0 saturated heterocycles. The molecule has 0 aromatic heterocycles. The first kappa shape index (κ1) is 25.2. The highest BCUT2D eigenvalue weighted by molar-refractivity contribution is 4.48. The minimum atomic E-state index is 0. The van der Waals surface area contributed by atoms with Crippen LogP contribution in [0.1, 0.15) is 123 Å². The van der Waals surface area contributed by atoms with Crippen LogP contribution in [0.25, 0.3) is 0 Å². The highest BCUT2D eigenvalue weighted by Crippen LogP contribution is 2.10. The fourth-order valence-electron chi connectivity index (χ4n) is 2.95. The molecule has 0 saturated carbocycles. The third kappa shape index (κ3) is 24.3. The molecule has 0 aromatic carbocycles. The van der Waals surface area contributed by atoms with Gasteiger partial charge in [-0.2, -0.15) is 0 Å². The Morgan fingerprint density at radius 2 is 0.652 bits per heavy atom. The van der Waals surface area contributed by atoms with Gasteiger partial charge in [0.25, 0.3) is 0 Å². The molecule has 0 rings (SSSR count). The van der Waals surface area contributed by atoms with Gasteiger partial charge in [0.15, 0.2) is 0 Å². The van der Waals surface area contributed by atoms with Crippen molar-refractivity contribution in [2.24, 2.45) is 0 Å². The number of hydrogen-bond donors (Lipinski definition) is 0. The maximum atomic E-state index is 5.74. The quantitative estimate of drug-likeness (QED) is 0.239. The largest absolute Gasteiger partial charge is 0.412 e. The van der Waals surface area contributed by atoms with Crippen molar-refractivity contribution in [2.45, 2.75) is 123 Å². The van der Waals surface area contributed by atoms with Gasteiger partial charge in [0.1, 0.15) is 0 Å². The maximum absolute atomic E-state index is 5.74. The van der Waals surface area contributed by atoms with Gasteiger partial charge >= 0.3 is 0 Å². The van der Waals surface area contributed by atoms with Crippen LogP contribution in [0, 0.1) is 0 Å². The minimum Gasteiger partial charge on any atom is -0.412 e. The SMILES string of the molecule is CCCCCCCCCCCOCCCCCCCCCC.O. The molecule has 0 radical (unpaired) electrons. The van der Waals surface area contributed by atoms with Crippen molar-refractivity contribution in [3.05, 3.63) is 0 Å². The van der Waals surface area contributed by atoms with Gasteiger partial charge in [0.05, 0.1) is 0 Å². The van der Waals surface area contributed by atoms with Crippen molar-refractivity contribution < 1.29 is 10.2 Å². The van der Waals surface area contributed by atoms with Crippen LogP contribution < -0.4 is 0 Å². The summed E-state index contributed by atoms with van der Waals surface area (Å²) in [5.74, 6) is 0. The molecule has 2 N–H and O–H groups in total. The lowest BCUT2D eigenvalue weighted by Crippen LogP contribution is -1.97. The smallest absolute Gasteiger partial charge is 0.0466 e. The van der Waals surface area contributed by atoms with Crippen molar-refractivity contribution in [1.82, 2.24) is 0 Å². The zero-order chi connectivity index (χ0) is 16.1. The summed E-state index contributed by atoms with van der Waals surface area (Å²) in [5, 5.41) is 0. The maximum Gasteiger partial charge on any atom is 0.0466 e. The fourth-order valence-corrected chi connectivity index (χ4v) is 2.95. The third-order valence-corrected chi connectivity index (χ3v) is 4.53. The molecule has 0 bridgehead atoms. The number of ether oxygens (including phenoxy) is 1. The Bertz CT molecular complexity index is 163. The van der Waals surface area contributed by atoms with E-state index in [0.29, 0.717) is 0 Å². The Kier molecular flexibility index (Phi) is 26.5. The molecule has 23 heavy (non-hydrogen) atoms. The van der Waals surface area contributed by atoms with E-state index < -0.39 is 0 Å². The van der Waals surface area contributed by atoms with Crippen molar-refractivity contribution in [3.8, 4) is 0 Å². The summed E-state index contributed by atoms with van der Waals surface area (Å²) in [6, 6.07) is 0. The fraction of sp³-hybridized carbons (Fsp3) is 1.00. The zero-order valence-electron chi connectivity index (χ0n) is 16.3. The Labute approximate surface area is 147 Å². The summed E-state index contributed by atoms with van der Waals surface area (Å²) < 4.78 is 5.74. The van der Waals surface area contributed by atoms with Crippen LogP contribution in [0.2, 0.25) is 0 Å². The van der Waals surface area contributed by atoms with E-state index in [4.69, 9.17) is 4.74 Å². The molecule has 0 aliphatic carbocycles. The Morgan fingerprint density at radius 1 is 0.391 bits per heavy atom. The first-order valence-electron chi connectivity index (χ1n) is 10.5. The number of unbranched alkanes of at least 4 members (excludes halogenated alkanes) is 15. The Hall–Kier alpha value is -0.0800. The second kappa shape index (κ2) is 24.2. The summed E-state index contributed by atoms with van der Waals surface area (Å²) in [6.07, 6.45) is 23.7. The Balaban J connectivity index is 0. The molecule has 0 spiro atoms. The predicted octanol–water partition coefficient (Wildman–Crippen LogP) is 6.85. The molecule has 0 aliphatic heterocycles. The monoisotopic (exact) mass is 330 g/mol. The molecular weight excluding hydrogens is 284 g/mol. The molecule has 0 amide bonds. The molecule has 2 heteroatoms. The number of hydrogen-bond acceptors (Lipinski definition) is 1. The second-order valence-electron chi connectivity index (χ2n) is 6.92. The van der Waals surface area contributed by atoms with Gasteiger partial charge in [-0.3, -0.25) is 0 Å². The van der Waals surface area contributed by atoms with E-state index in [9.17, 15) is 0 Å². The van der Waals surface area contributed by atoms with Crippen LogP contribution in [-0.2, 0) is 4.74 Å². The molecule has 0 unspecified atom stereocenters. The summed E-state index contributed by atoms with van der Waals surface area (Å²) in [4.78, 5) is 0. The van der Waals surface area contributed by atoms with Crippen LogP contribution in [-0.4, -0.2) is 18.7 Å². The summed E-state index contributed by atoms with van der Waals surface area (Å²) >= 11 is 0. The molecule has 0 atom stereocenters. The van der Waals surface area contributed by atoms with E-state index in [1.54, 1.807) is 0 Å². The van der Waals surface area contributed by atoms with Gasteiger partial charge in [-0.05, 0) is 12.8 Å². The summed E-state index contributed by atoms with van der Waals surface area (Å²) in [6.45, 7) is 6.55. The third-order valence-electron chi connectivity index (χ3n) is 4.53. The van der Waals surface area contributed by atoms with Gasteiger partial charge in [-0.25, -0.2) is 0 Å².